The van der Waals surface area contributed by atoms with Gasteiger partial charge in [0.2, 0.25) is 0 Å². The van der Waals surface area contributed by atoms with Gasteiger partial charge in [0.05, 0.1) is 17.9 Å². The number of anilines is 2. The third-order valence-corrected chi connectivity index (χ3v) is 5.49. The maximum Gasteiger partial charge on any atom is 0.338 e. The molecule has 0 aliphatic rings. The highest BCUT2D eigenvalue weighted by Crippen LogP contribution is 2.35. The van der Waals surface area contributed by atoms with Crippen LogP contribution in [-0.2, 0) is 10.2 Å². The van der Waals surface area contributed by atoms with E-state index in [1.165, 1.54) is 0 Å². The van der Waals surface area contributed by atoms with Crippen LogP contribution in [0.3, 0.4) is 0 Å². The molecule has 35 heavy (non-hydrogen) atoms. The van der Waals surface area contributed by atoms with Crippen LogP contribution < -0.4 is 10.6 Å². The second kappa shape index (κ2) is 9.40. The quantitative estimate of drug-likeness (QED) is 0.359. The van der Waals surface area contributed by atoms with Crippen LogP contribution in [0.2, 0.25) is 0 Å². The monoisotopic (exact) mass is 481 g/mol. The Labute approximate surface area is 207 Å². The Balaban J connectivity index is 1.92. The molecular formula is C27H39N5O3. The van der Waals surface area contributed by atoms with Crippen molar-refractivity contribution >= 4 is 29.0 Å². The predicted molar refractivity (Wildman–Crippen MR) is 140 cm³/mol. The van der Waals surface area contributed by atoms with Crippen LogP contribution in [0.25, 0.3) is 5.65 Å². The summed E-state index contributed by atoms with van der Waals surface area (Å²) < 4.78 is 6.86. The first-order valence-corrected chi connectivity index (χ1v) is 12.1. The molecule has 3 aromatic rings. The number of imidazole rings is 1. The molecular weight excluding hydrogens is 442 g/mol. The van der Waals surface area contributed by atoms with Crippen LogP contribution >= 0.6 is 0 Å². The number of ether oxygens (including phenoxy) is 1. The first kappa shape index (κ1) is 26.3. The Morgan fingerprint density at radius 1 is 1.03 bits per heavy atom. The van der Waals surface area contributed by atoms with E-state index in [0.717, 1.165) is 17.9 Å². The lowest BCUT2D eigenvalue weighted by atomic mass is 9.81. The van der Waals surface area contributed by atoms with E-state index in [0.29, 0.717) is 29.1 Å². The van der Waals surface area contributed by atoms with E-state index in [-0.39, 0.29) is 28.2 Å². The van der Waals surface area contributed by atoms with Gasteiger partial charge >= 0.3 is 5.97 Å². The SMILES string of the molecule is CCOC(=O)c1ccc(NC(=O)c2c[nH]n3c(NC(C)(C)CC(C)(C)C)c(C(C)(C)C)nc23)cc1. The summed E-state index contributed by atoms with van der Waals surface area (Å²) in [5.41, 5.74) is 2.62. The lowest BCUT2D eigenvalue weighted by Crippen LogP contribution is -2.36. The van der Waals surface area contributed by atoms with Gasteiger partial charge in [-0.1, -0.05) is 41.5 Å². The van der Waals surface area contributed by atoms with Gasteiger partial charge in [0, 0.05) is 22.8 Å². The Bertz CT molecular complexity index is 1200. The van der Waals surface area contributed by atoms with E-state index in [4.69, 9.17) is 9.72 Å². The van der Waals surface area contributed by atoms with Gasteiger partial charge in [-0.3, -0.25) is 9.89 Å². The molecule has 0 spiro atoms. The molecule has 1 aromatic carbocycles. The van der Waals surface area contributed by atoms with Crippen LogP contribution in [0, 0.1) is 5.41 Å². The van der Waals surface area contributed by atoms with Gasteiger partial charge < -0.3 is 15.4 Å². The van der Waals surface area contributed by atoms with Gasteiger partial charge in [-0.25, -0.2) is 14.3 Å². The molecule has 3 rings (SSSR count). The molecule has 0 saturated heterocycles. The second-order valence-corrected chi connectivity index (χ2v) is 11.9. The highest BCUT2D eigenvalue weighted by atomic mass is 16.5. The molecule has 0 bridgehead atoms. The number of fused-ring (bicyclic) bond motifs is 1. The highest BCUT2D eigenvalue weighted by Gasteiger charge is 2.32. The number of rotatable bonds is 7. The topological polar surface area (TPSA) is 101 Å². The summed E-state index contributed by atoms with van der Waals surface area (Å²) in [5.74, 6) is 0.185. The lowest BCUT2D eigenvalue weighted by molar-refractivity contribution is 0.0526. The van der Waals surface area contributed by atoms with E-state index in [1.54, 1.807) is 37.4 Å². The molecule has 0 saturated carbocycles. The minimum absolute atomic E-state index is 0.145. The van der Waals surface area contributed by atoms with E-state index in [2.05, 4.69) is 71.1 Å². The summed E-state index contributed by atoms with van der Waals surface area (Å²) in [7, 11) is 0. The van der Waals surface area contributed by atoms with Crippen LogP contribution in [-0.4, -0.2) is 38.6 Å². The van der Waals surface area contributed by atoms with E-state index >= 15 is 0 Å². The summed E-state index contributed by atoms with van der Waals surface area (Å²) in [6.07, 6.45) is 2.62. The third kappa shape index (κ3) is 6.24. The minimum Gasteiger partial charge on any atom is -0.462 e. The standard InChI is InChI=1S/C27H39N5O3/c1-10-35-24(34)17-11-13-18(14-12-17)29-23(33)19-15-28-32-21(19)30-20(26(5,6)7)22(32)31-27(8,9)16-25(2,3)4/h11-15,28,31H,10,16H2,1-9H3,(H,29,33). The van der Waals surface area contributed by atoms with Crippen LogP contribution in [0.15, 0.2) is 30.5 Å². The molecule has 3 N–H and O–H groups in total. The number of H-pyrrole nitrogens is 1. The average molecular weight is 482 g/mol. The first-order chi connectivity index (χ1) is 16.1. The number of aromatic nitrogens is 3. The molecule has 2 aromatic heterocycles. The maximum absolute atomic E-state index is 13.2. The largest absolute Gasteiger partial charge is 0.462 e. The predicted octanol–water partition coefficient (Wildman–Crippen LogP) is 6.02. The lowest BCUT2D eigenvalue weighted by Gasteiger charge is -2.34. The minimum atomic E-state index is -0.390. The number of amides is 1. The van der Waals surface area contributed by atoms with Crippen LogP contribution in [0.4, 0.5) is 11.5 Å². The van der Waals surface area contributed by atoms with Gasteiger partial charge in [0.15, 0.2) is 11.5 Å². The summed E-state index contributed by atoms with van der Waals surface area (Å²) in [6, 6.07) is 6.63. The number of carbonyl (C=O) groups excluding carboxylic acids is 2. The molecule has 0 fully saturated rings. The zero-order chi connectivity index (χ0) is 26.2. The molecule has 2 heterocycles. The molecule has 0 unspecified atom stereocenters. The molecule has 0 radical (unpaired) electrons. The second-order valence-electron chi connectivity index (χ2n) is 11.9. The number of esters is 1. The number of nitrogens with one attached hydrogen (secondary N) is 3. The molecule has 0 aliphatic heterocycles. The molecule has 1 amide bonds. The number of hydrogen-bond donors (Lipinski definition) is 3. The fraction of sp³-hybridized carbons (Fsp3) is 0.519. The van der Waals surface area contributed by atoms with Gasteiger partial charge in [-0.2, -0.15) is 0 Å². The van der Waals surface area contributed by atoms with Crippen molar-refractivity contribution in [3.63, 3.8) is 0 Å². The van der Waals surface area contributed by atoms with Crippen LogP contribution in [0.5, 0.6) is 0 Å². The summed E-state index contributed by atoms with van der Waals surface area (Å²) >= 11 is 0. The maximum atomic E-state index is 13.2. The molecule has 8 nitrogen and oxygen atoms in total. The van der Waals surface area contributed by atoms with E-state index in [1.807, 2.05) is 4.52 Å². The Morgan fingerprint density at radius 2 is 1.66 bits per heavy atom. The Hall–Kier alpha value is -3.29. The van der Waals surface area contributed by atoms with Crippen molar-refractivity contribution in [2.75, 3.05) is 17.2 Å². The Kier molecular flexibility index (Phi) is 7.07. The van der Waals surface area contributed by atoms with Gasteiger partial charge in [-0.15, -0.1) is 0 Å². The van der Waals surface area contributed by atoms with Crippen molar-refractivity contribution in [2.24, 2.45) is 5.41 Å². The van der Waals surface area contributed by atoms with Gasteiger partial charge in [0.25, 0.3) is 5.91 Å². The van der Waals surface area contributed by atoms with Crippen molar-refractivity contribution in [1.82, 2.24) is 14.6 Å². The molecule has 0 atom stereocenters. The number of carbonyl (C=O) groups is 2. The molecule has 190 valence electrons. The van der Waals surface area contributed by atoms with Gasteiger partial charge in [-0.05, 0) is 56.9 Å². The average Bonchev–Trinajstić information content (AvgIpc) is 3.26. The van der Waals surface area contributed by atoms with Gasteiger partial charge in [0.1, 0.15) is 5.56 Å². The normalized spacial score (nSPS) is 12.6. The fourth-order valence-electron chi connectivity index (χ4n) is 4.52. The number of hydrogen-bond acceptors (Lipinski definition) is 5. The molecule has 8 heteroatoms. The summed E-state index contributed by atoms with van der Waals surface area (Å²) in [5, 5.41) is 9.80. The third-order valence-electron chi connectivity index (χ3n) is 5.49. The fourth-order valence-corrected chi connectivity index (χ4v) is 4.52. The highest BCUT2D eigenvalue weighted by molar-refractivity contribution is 6.08. The Morgan fingerprint density at radius 3 is 2.20 bits per heavy atom. The van der Waals surface area contributed by atoms with Crippen molar-refractivity contribution in [3.8, 4) is 0 Å². The summed E-state index contributed by atoms with van der Waals surface area (Å²) in [4.78, 5) is 29.9. The summed E-state index contributed by atoms with van der Waals surface area (Å²) in [6.45, 7) is 19.4. The number of nitrogens with zero attached hydrogens (tertiary/aromatic N) is 2. The smallest absolute Gasteiger partial charge is 0.338 e. The zero-order valence-electron chi connectivity index (χ0n) is 22.4. The molecule has 0 aliphatic carbocycles. The van der Waals surface area contributed by atoms with Crippen molar-refractivity contribution in [3.05, 3.63) is 47.3 Å². The van der Waals surface area contributed by atoms with Crippen LogP contribution in [0.1, 0.15) is 95.1 Å². The first-order valence-electron chi connectivity index (χ1n) is 12.1. The van der Waals surface area contributed by atoms with Crippen molar-refractivity contribution in [1.29, 1.82) is 0 Å². The van der Waals surface area contributed by atoms with Crippen molar-refractivity contribution in [2.45, 2.75) is 79.7 Å². The van der Waals surface area contributed by atoms with E-state index in [9.17, 15) is 9.59 Å². The number of benzene rings is 1. The number of aromatic amines is 1. The van der Waals surface area contributed by atoms with Crippen molar-refractivity contribution < 1.29 is 14.3 Å². The van der Waals surface area contributed by atoms with E-state index < -0.39 is 0 Å². The zero-order valence-corrected chi connectivity index (χ0v) is 22.4.